The molecule has 0 unspecified atom stereocenters. The van der Waals surface area contributed by atoms with Gasteiger partial charge in [-0.25, -0.2) is 9.78 Å². The van der Waals surface area contributed by atoms with E-state index in [9.17, 15) is 19.7 Å². The molecule has 0 radical (unpaired) electrons. The van der Waals surface area contributed by atoms with E-state index < -0.39 is 16.9 Å². The van der Waals surface area contributed by atoms with Crippen LogP contribution in [0.25, 0.3) is 16.7 Å². The number of imide groups is 1. The molecule has 1 saturated carbocycles. The summed E-state index contributed by atoms with van der Waals surface area (Å²) in [6.45, 7) is 0. The molecule has 1 fully saturated rings. The summed E-state index contributed by atoms with van der Waals surface area (Å²) in [5, 5.41) is 16.8. The molecule has 1 aliphatic carbocycles. The Hall–Kier alpha value is -3.60. The minimum Gasteiger partial charge on any atom is -0.495 e. The normalized spacial score (nSPS) is 13.7. The van der Waals surface area contributed by atoms with Crippen molar-refractivity contribution in [3.05, 3.63) is 52.6 Å². The highest BCUT2D eigenvalue weighted by atomic mass is 32.2. The molecule has 0 saturated heterocycles. The lowest BCUT2D eigenvalue weighted by atomic mass is 10.2. The van der Waals surface area contributed by atoms with Crippen LogP contribution in [0.1, 0.15) is 25.7 Å². The van der Waals surface area contributed by atoms with Gasteiger partial charge in [0, 0.05) is 18.2 Å². The monoisotopic (exact) mass is 469 g/mol. The van der Waals surface area contributed by atoms with Crippen LogP contribution in [-0.2, 0) is 4.79 Å². The Balaban J connectivity index is 1.58. The molecule has 3 aromatic rings. The van der Waals surface area contributed by atoms with Crippen LogP contribution in [0.2, 0.25) is 0 Å². The van der Waals surface area contributed by atoms with Crippen LogP contribution in [0.5, 0.6) is 5.75 Å². The molecule has 4 rings (SSSR count). The maximum atomic E-state index is 12.4. The number of nitrogens with zero attached hydrogens (tertiary/aromatic N) is 3. The number of carbonyl (C=O) groups excluding carboxylic acids is 2. The lowest BCUT2D eigenvalue weighted by molar-refractivity contribution is -0.384. The highest BCUT2D eigenvalue weighted by Gasteiger charge is 2.21. The van der Waals surface area contributed by atoms with Crippen molar-refractivity contribution in [2.45, 2.75) is 36.9 Å². The number of methoxy groups -OCH3 is 1. The van der Waals surface area contributed by atoms with Gasteiger partial charge in [-0.15, -0.1) is 0 Å². The van der Waals surface area contributed by atoms with Crippen LogP contribution in [-0.4, -0.2) is 45.3 Å². The average Bonchev–Trinajstić information content (AvgIpc) is 3.44. The first-order chi connectivity index (χ1) is 16.0. The number of aromatic nitrogens is 2. The molecule has 0 atom stereocenters. The summed E-state index contributed by atoms with van der Waals surface area (Å²) in [5.74, 6) is 0.0658. The number of para-hydroxylation sites is 2. The number of nitro groups is 1. The molecular weight excluding hydrogens is 446 g/mol. The molecule has 0 bridgehead atoms. The van der Waals surface area contributed by atoms with Crippen molar-refractivity contribution in [2.24, 2.45) is 0 Å². The minimum atomic E-state index is -0.499. The summed E-state index contributed by atoms with van der Waals surface area (Å²) in [6.07, 6.45) is 4.00. The molecule has 1 aromatic heterocycles. The van der Waals surface area contributed by atoms with Crippen molar-refractivity contribution in [3.8, 4) is 11.4 Å². The summed E-state index contributed by atoms with van der Waals surface area (Å²) in [5.41, 5.74) is 1.65. The van der Waals surface area contributed by atoms with E-state index in [0.717, 1.165) is 37.4 Å². The van der Waals surface area contributed by atoms with E-state index in [-0.39, 0.29) is 17.5 Å². The zero-order valence-electron chi connectivity index (χ0n) is 17.9. The van der Waals surface area contributed by atoms with Crippen molar-refractivity contribution in [2.75, 3.05) is 12.9 Å². The van der Waals surface area contributed by atoms with Gasteiger partial charge in [-0.3, -0.25) is 24.8 Å². The second-order valence-corrected chi connectivity index (χ2v) is 8.57. The molecule has 1 aliphatic rings. The number of nitro benzene ring substituents is 1. The van der Waals surface area contributed by atoms with Gasteiger partial charge in [-0.05, 0) is 31.0 Å². The van der Waals surface area contributed by atoms with Crippen LogP contribution in [0, 0.1) is 10.1 Å². The number of urea groups is 1. The SMILES string of the molecule is COc1ccccc1-n1c(SCC(=O)NC(=O)NC2CCCC2)nc2cc([N+](=O)[O-])ccc21. The molecule has 10 nitrogen and oxygen atoms in total. The van der Waals surface area contributed by atoms with Gasteiger partial charge < -0.3 is 10.1 Å². The summed E-state index contributed by atoms with van der Waals surface area (Å²) in [4.78, 5) is 39.7. The Morgan fingerprint density at radius 1 is 1.24 bits per heavy atom. The summed E-state index contributed by atoms with van der Waals surface area (Å²) < 4.78 is 7.26. The van der Waals surface area contributed by atoms with Gasteiger partial charge in [-0.1, -0.05) is 36.7 Å². The highest BCUT2D eigenvalue weighted by molar-refractivity contribution is 7.99. The van der Waals surface area contributed by atoms with E-state index in [4.69, 9.17) is 4.74 Å². The third-order valence-corrected chi connectivity index (χ3v) is 6.36. The van der Waals surface area contributed by atoms with Crippen LogP contribution in [0.4, 0.5) is 10.5 Å². The predicted molar refractivity (Wildman–Crippen MR) is 124 cm³/mol. The summed E-state index contributed by atoms with van der Waals surface area (Å²) >= 11 is 1.13. The number of benzene rings is 2. The molecule has 1 heterocycles. The number of hydrogen-bond acceptors (Lipinski definition) is 7. The molecule has 3 amide bonds. The topological polar surface area (TPSA) is 128 Å². The number of hydrogen-bond donors (Lipinski definition) is 2. The van der Waals surface area contributed by atoms with E-state index in [1.807, 2.05) is 18.2 Å². The van der Waals surface area contributed by atoms with Gasteiger partial charge in [0.1, 0.15) is 5.75 Å². The summed E-state index contributed by atoms with van der Waals surface area (Å²) in [7, 11) is 1.55. The zero-order chi connectivity index (χ0) is 23.4. The van der Waals surface area contributed by atoms with Crippen LogP contribution >= 0.6 is 11.8 Å². The molecule has 172 valence electrons. The maximum absolute atomic E-state index is 12.4. The lowest BCUT2D eigenvalue weighted by Gasteiger charge is -2.13. The van der Waals surface area contributed by atoms with Crippen molar-refractivity contribution < 1.29 is 19.2 Å². The Morgan fingerprint density at radius 2 is 2.00 bits per heavy atom. The Bertz CT molecular complexity index is 1210. The van der Waals surface area contributed by atoms with Gasteiger partial charge in [-0.2, -0.15) is 0 Å². The van der Waals surface area contributed by atoms with Gasteiger partial charge in [0.2, 0.25) is 5.91 Å². The van der Waals surface area contributed by atoms with Crippen LogP contribution in [0.3, 0.4) is 0 Å². The van der Waals surface area contributed by atoms with Gasteiger partial charge in [0.15, 0.2) is 5.16 Å². The van der Waals surface area contributed by atoms with E-state index >= 15 is 0 Å². The Morgan fingerprint density at radius 3 is 2.73 bits per heavy atom. The predicted octanol–water partition coefficient (Wildman–Crippen LogP) is 3.80. The first kappa shape index (κ1) is 22.6. The zero-order valence-corrected chi connectivity index (χ0v) is 18.8. The number of ether oxygens (including phenoxy) is 1. The van der Waals surface area contributed by atoms with Gasteiger partial charge in [0.25, 0.3) is 5.69 Å². The molecule has 33 heavy (non-hydrogen) atoms. The number of imidazole rings is 1. The number of fused-ring (bicyclic) bond motifs is 1. The van der Waals surface area contributed by atoms with Crippen molar-refractivity contribution in [1.29, 1.82) is 0 Å². The fourth-order valence-corrected chi connectivity index (χ4v) is 4.71. The second kappa shape index (κ2) is 9.90. The Kier molecular flexibility index (Phi) is 6.78. The average molecular weight is 470 g/mol. The quantitative estimate of drug-likeness (QED) is 0.306. The first-order valence-corrected chi connectivity index (χ1v) is 11.5. The number of non-ortho nitro benzene ring substituents is 1. The van der Waals surface area contributed by atoms with Crippen molar-refractivity contribution >= 4 is 40.4 Å². The molecule has 2 N–H and O–H groups in total. The third-order valence-electron chi connectivity index (χ3n) is 5.42. The van der Waals surface area contributed by atoms with Gasteiger partial charge in [0.05, 0.1) is 34.5 Å². The van der Waals surface area contributed by atoms with E-state index in [1.54, 1.807) is 23.8 Å². The molecule has 11 heteroatoms. The minimum absolute atomic E-state index is 0.0569. The van der Waals surface area contributed by atoms with E-state index in [1.165, 1.54) is 12.1 Å². The van der Waals surface area contributed by atoms with Crippen LogP contribution in [0.15, 0.2) is 47.6 Å². The molecule has 2 aromatic carbocycles. The lowest BCUT2D eigenvalue weighted by Crippen LogP contribution is -2.44. The fraction of sp³-hybridized carbons (Fsp3) is 0.318. The number of carbonyl (C=O) groups is 2. The summed E-state index contributed by atoms with van der Waals surface area (Å²) in [6, 6.07) is 11.3. The number of amides is 3. The van der Waals surface area contributed by atoms with Crippen LogP contribution < -0.4 is 15.4 Å². The van der Waals surface area contributed by atoms with Crippen molar-refractivity contribution in [1.82, 2.24) is 20.2 Å². The van der Waals surface area contributed by atoms with E-state index in [0.29, 0.717) is 27.6 Å². The van der Waals surface area contributed by atoms with Gasteiger partial charge >= 0.3 is 6.03 Å². The smallest absolute Gasteiger partial charge is 0.321 e. The van der Waals surface area contributed by atoms with Crippen molar-refractivity contribution in [3.63, 3.8) is 0 Å². The fourth-order valence-electron chi connectivity index (χ4n) is 3.89. The standard InChI is InChI=1S/C22H23N5O5S/c1-32-19-9-5-4-8-18(19)26-17-11-10-15(27(30)31)12-16(17)24-22(26)33-13-20(28)25-21(29)23-14-6-2-3-7-14/h4-5,8-12,14H,2-3,6-7,13H2,1H3,(H2,23,25,28,29). The number of nitrogens with one attached hydrogen (secondary N) is 2. The largest absolute Gasteiger partial charge is 0.495 e. The van der Waals surface area contributed by atoms with E-state index in [2.05, 4.69) is 15.6 Å². The molecular formula is C22H23N5O5S. The highest BCUT2D eigenvalue weighted by Crippen LogP contribution is 2.33. The molecule has 0 aliphatic heterocycles. The number of rotatable bonds is 7. The second-order valence-electron chi connectivity index (χ2n) is 7.62. The Labute approximate surface area is 193 Å². The third kappa shape index (κ3) is 5.08. The maximum Gasteiger partial charge on any atom is 0.321 e. The molecule has 0 spiro atoms. The first-order valence-electron chi connectivity index (χ1n) is 10.5. The number of thioether (sulfide) groups is 1.